The monoisotopic (exact) mass is 398 g/mol. The van der Waals surface area contributed by atoms with Gasteiger partial charge in [-0.15, -0.1) is 11.3 Å². The Hall–Kier alpha value is -2.74. The van der Waals surface area contributed by atoms with Crippen LogP contribution in [0.1, 0.15) is 35.1 Å². The first-order valence-electron chi connectivity index (χ1n) is 9.53. The second-order valence-electron chi connectivity index (χ2n) is 6.30. The van der Waals surface area contributed by atoms with Crippen molar-refractivity contribution in [2.75, 3.05) is 13.1 Å². The molecule has 2 N–H and O–H groups in total. The van der Waals surface area contributed by atoms with Gasteiger partial charge in [0, 0.05) is 36.1 Å². The third-order valence-electron chi connectivity index (χ3n) is 4.08. The van der Waals surface area contributed by atoms with Crippen LogP contribution in [-0.4, -0.2) is 34.2 Å². The lowest BCUT2D eigenvalue weighted by Crippen LogP contribution is -2.38. The second-order valence-corrected chi connectivity index (χ2v) is 7.62. The summed E-state index contributed by atoms with van der Waals surface area (Å²) in [4.78, 5) is 14.5. The Kier molecular flexibility index (Phi) is 7.13. The van der Waals surface area contributed by atoms with Gasteiger partial charge in [-0.2, -0.15) is 4.98 Å². The van der Waals surface area contributed by atoms with Crippen molar-refractivity contribution >= 4 is 17.3 Å². The summed E-state index contributed by atoms with van der Waals surface area (Å²) >= 11 is 1.68. The molecule has 8 heteroatoms. The fourth-order valence-electron chi connectivity index (χ4n) is 2.62. The Bertz CT molecular complexity index is 900. The third-order valence-corrected chi connectivity index (χ3v) is 4.97. The maximum atomic E-state index is 5.28. The Labute approximate surface area is 169 Å². The molecule has 3 aromatic rings. The van der Waals surface area contributed by atoms with Gasteiger partial charge in [-0.05, 0) is 38.0 Å². The van der Waals surface area contributed by atoms with Crippen LogP contribution in [0.2, 0.25) is 0 Å². The lowest BCUT2D eigenvalue weighted by molar-refractivity contribution is 0.423. The molecule has 0 spiro atoms. The summed E-state index contributed by atoms with van der Waals surface area (Å²) in [6.07, 6.45) is 3.55. The summed E-state index contributed by atoms with van der Waals surface area (Å²) in [7, 11) is 0. The minimum atomic E-state index is 0.570. The zero-order valence-corrected chi connectivity index (χ0v) is 17.3. The molecule has 0 saturated carbocycles. The van der Waals surface area contributed by atoms with Crippen LogP contribution in [0.25, 0.3) is 11.5 Å². The van der Waals surface area contributed by atoms with Crippen molar-refractivity contribution in [3.63, 3.8) is 0 Å². The van der Waals surface area contributed by atoms with E-state index in [1.165, 1.54) is 10.4 Å². The molecule has 148 valence electrons. The zero-order chi connectivity index (χ0) is 19.8. The molecule has 2 heterocycles. The van der Waals surface area contributed by atoms with Crippen LogP contribution in [-0.2, 0) is 19.4 Å². The maximum absolute atomic E-state index is 5.28. The fraction of sp³-hybridized carbons (Fsp3) is 0.400. The molecule has 0 saturated heterocycles. The number of aliphatic imine (C=N–C) groups is 1. The van der Waals surface area contributed by atoms with E-state index in [-0.39, 0.29) is 0 Å². The molecule has 0 aliphatic heterocycles. The Morgan fingerprint density at radius 3 is 2.64 bits per heavy atom. The highest BCUT2D eigenvalue weighted by atomic mass is 32.1. The molecule has 3 rings (SSSR count). The van der Waals surface area contributed by atoms with E-state index in [2.05, 4.69) is 56.7 Å². The smallest absolute Gasteiger partial charge is 0.257 e. The van der Waals surface area contributed by atoms with Crippen LogP contribution in [0, 0.1) is 6.92 Å². The summed E-state index contributed by atoms with van der Waals surface area (Å²) in [6.45, 7) is 8.33. The summed E-state index contributed by atoms with van der Waals surface area (Å²) in [5.74, 6) is 2.11. The van der Waals surface area contributed by atoms with Crippen molar-refractivity contribution in [3.05, 3.63) is 51.7 Å². The van der Waals surface area contributed by atoms with E-state index in [0.717, 1.165) is 48.3 Å². The molecule has 2 aromatic heterocycles. The molecule has 7 nitrogen and oxygen atoms in total. The highest BCUT2D eigenvalue weighted by molar-refractivity contribution is 7.11. The first-order valence-corrected chi connectivity index (χ1v) is 10.3. The number of guanidine groups is 1. The number of hydrogen-bond acceptors (Lipinski definition) is 6. The normalized spacial score (nSPS) is 11.6. The summed E-state index contributed by atoms with van der Waals surface area (Å²) in [6, 6.07) is 8.23. The van der Waals surface area contributed by atoms with Crippen molar-refractivity contribution in [2.45, 2.75) is 40.2 Å². The lowest BCUT2D eigenvalue weighted by Gasteiger charge is -2.11. The van der Waals surface area contributed by atoms with Gasteiger partial charge in [0.1, 0.15) is 5.01 Å². The number of nitrogens with zero attached hydrogens (tertiary/aromatic N) is 4. The van der Waals surface area contributed by atoms with E-state index >= 15 is 0 Å². The Morgan fingerprint density at radius 1 is 1.18 bits per heavy atom. The fourth-order valence-corrected chi connectivity index (χ4v) is 3.33. The third kappa shape index (κ3) is 5.63. The van der Waals surface area contributed by atoms with Crippen LogP contribution >= 0.6 is 11.3 Å². The second kappa shape index (κ2) is 9.98. The van der Waals surface area contributed by atoms with E-state index in [9.17, 15) is 0 Å². The van der Waals surface area contributed by atoms with Crippen LogP contribution in [0.5, 0.6) is 0 Å². The summed E-state index contributed by atoms with van der Waals surface area (Å²) in [5, 5.41) is 11.6. The Balaban J connectivity index is 1.52. The lowest BCUT2D eigenvalue weighted by atomic mass is 10.1. The maximum Gasteiger partial charge on any atom is 0.257 e. The SMILES string of the molecule is CCNC(=NCc1ncc(C)s1)NCCc1ccc(-c2nc(CC)no2)cc1. The zero-order valence-electron chi connectivity index (χ0n) is 16.5. The van der Waals surface area contributed by atoms with Gasteiger partial charge in [-0.3, -0.25) is 0 Å². The molecular formula is C20H26N6OS. The molecule has 0 fully saturated rings. The molecule has 0 unspecified atom stereocenters. The standard InChI is InChI=1S/C20H26N6OS/c1-4-17-25-19(27-26-17)16-8-6-15(7-9-16)10-11-22-20(21-5-2)24-13-18-23-12-14(3)28-18/h6-9,12H,4-5,10-11,13H2,1-3H3,(H2,21,22,24). The predicted molar refractivity (Wildman–Crippen MR) is 112 cm³/mol. The summed E-state index contributed by atoms with van der Waals surface area (Å²) < 4.78 is 5.28. The van der Waals surface area contributed by atoms with Crippen molar-refractivity contribution < 1.29 is 4.52 Å². The van der Waals surface area contributed by atoms with Crippen LogP contribution in [0.15, 0.2) is 40.0 Å². The van der Waals surface area contributed by atoms with Crippen LogP contribution in [0.3, 0.4) is 0 Å². The van der Waals surface area contributed by atoms with Crippen molar-refractivity contribution in [1.82, 2.24) is 25.8 Å². The minimum absolute atomic E-state index is 0.570. The van der Waals surface area contributed by atoms with Gasteiger partial charge in [0.25, 0.3) is 5.89 Å². The van der Waals surface area contributed by atoms with E-state index < -0.39 is 0 Å². The topological polar surface area (TPSA) is 88.2 Å². The highest BCUT2D eigenvalue weighted by Gasteiger charge is 2.07. The minimum Gasteiger partial charge on any atom is -0.357 e. The van der Waals surface area contributed by atoms with Gasteiger partial charge < -0.3 is 15.2 Å². The van der Waals surface area contributed by atoms with Gasteiger partial charge in [0.05, 0.1) is 6.54 Å². The van der Waals surface area contributed by atoms with Crippen molar-refractivity contribution in [2.24, 2.45) is 4.99 Å². The van der Waals surface area contributed by atoms with Gasteiger partial charge in [0.2, 0.25) is 0 Å². The van der Waals surface area contributed by atoms with Gasteiger partial charge in [-0.25, -0.2) is 9.98 Å². The molecule has 0 amide bonds. The number of nitrogens with one attached hydrogen (secondary N) is 2. The van der Waals surface area contributed by atoms with Crippen molar-refractivity contribution in [3.8, 4) is 11.5 Å². The van der Waals surface area contributed by atoms with E-state index in [1.54, 1.807) is 11.3 Å². The first-order chi connectivity index (χ1) is 13.7. The molecule has 1 aromatic carbocycles. The first kappa shape index (κ1) is 20.0. The molecule has 0 atom stereocenters. The van der Waals surface area contributed by atoms with E-state index in [4.69, 9.17) is 4.52 Å². The number of hydrogen-bond donors (Lipinski definition) is 2. The number of aromatic nitrogens is 3. The molecule has 0 bridgehead atoms. The molecule has 28 heavy (non-hydrogen) atoms. The molecule has 0 radical (unpaired) electrons. The van der Waals surface area contributed by atoms with Crippen LogP contribution in [0.4, 0.5) is 0 Å². The van der Waals surface area contributed by atoms with Gasteiger partial charge in [-0.1, -0.05) is 24.2 Å². The van der Waals surface area contributed by atoms with E-state index in [0.29, 0.717) is 12.4 Å². The molecule has 0 aliphatic rings. The predicted octanol–water partition coefficient (Wildman–Crippen LogP) is 3.36. The van der Waals surface area contributed by atoms with Crippen molar-refractivity contribution in [1.29, 1.82) is 0 Å². The average Bonchev–Trinajstić information content (AvgIpc) is 3.35. The van der Waals surface area contributed by atoms with Gasteiger partial charge in [0.15, 0.2) is 11.8 Å². The number of thiazole rings is 1. The number of aryl methyl sites for hydroxylation is 2. The Morgan fingerprint density at radius 2 is 2.00 bits per heavy atom. The van der Waals surface area contributed by atoms with Crippen LogP contribution < -0.4 is 10.6 Å². The largest absolute Gasteiger partial charge is 0.357 e. The van der Waals surface area contributed by atoms with Gasteiger partial charge >= 0.3 is 0 Å². The number of benzene rings is 1. The number of rotatable bonds is 8. The molecule has 0 aliphatic carbocycles. The quantitative estimate of drug-likeness (QED) is 0.447. The average molecular weight is 399 g/mol. The highest BCUT2D eigenvalue weighted by Crippen LogP contribution is 2.18. The summed E-state index contributed by atoms with van der Waals surface area (Å²) in [5.41, 5.74) is 2.18. The molecular weight excluding hydrogens is 372 g/mol. The van der Waals surface area contributed by atoms with E-state index in [1.807, 2.05) is 25.3 Å².